The zero-order valence-electron chi connectivity index (χ0n) is 9.87. The van der Waals surface area contributed by atoms with E-state index in [0.29, 0.717) is 0 Å². The maximum Gasteiger partial charge on any atom is 0.0798 e. The van der Waals surface area contributed by atoms with Crippen LogP contribution in [0.15, 0.2) is 5.51 Å². The molecule has 0 aromatic carbocycles. The van der Waals surface area contributed by atoms with Gasteiger partial charge in [0.1, 0.15) is 0 Å². The van der Waals surface area contributed by atoms with Gasteiger partial charge in [0.2, 0.25) is 0 Å². The highest BCUT2D eigenvalue weighted by molar-refractivity contribution is 7.09. The monoisotopic (exact) mass is 228 g/mol. The van der Waals surface area contributed by atoms with E-state index in [9.17, 15) is 5.11 Å². The van der Waals surface area contributed by atoms with Gasteiger partial charge in [-0.1, -0.05) is 13.8 Å². The summed E-state index contributed by atoms with van der Waals surface area (Å²) in [7, 11) is 0. The first-order valence-corrected chi connectivity index (χ1v) is 6.08. The van der Waals surface area contributed by atoms with Crippen LogP contribution in [-0.2, 0) is 6.54 Å². The first-order chi connectivity index (χ1) is 6.97. The molecular formula is C11H20N2OS. The molecule has 0 saturated heterocycles. The van der Waals surface area contributed by atoms with Crippen molar-refractivity contribution in [1.29, 1.82) is 0 Å². The van der Waals surface area contributed by atoms with Crippen molar-refractivity contribution in [2.45, 2.75) is 40.3 Å². The molecule has 0 spiro atoms. The van der Waals surface area contributed by atoms with Crippen LogP contribution in [0.1, 0.15) is 31.3 Å². The van der Waals surface area contributed by atoms with Crippen LogP contribution >= 0.6 is 11.3 Å². The summed E-state index contributed by atoms with van der Waals surface area (Å²) < 4.78 is 0. The number of aryl methyl sites for hydroxylation is 1. The third-order valence-corrected chi connectivity index (χ3v) is 3.93. The predicted molar refractivity (Wildman–Crippen MR) is 64.0 cm³/mol. The minimum atomic E-state index is -0.0847. The molecule has 0 aliphatic rings. The zero-order chi connectivity index (χ0) is 11.5. The lowest BCUT2D eigenvalue weighted by atomic mass is 9.86. The summed E-state index contributed by atoms with van der Waals surface area (Å²) >= 11 is 1.67. The van der Waals surface area contributed by atoms with Crippen LogP contribution in [0.25, 0.3) is 0 Å². The van der Waals surface area contributed by atoms with E-state index in [1.165, 1.54) is 4.88 Å². The summed E-state index contributed by atoms with van der Waals surface area (Å²) in [5, 5.41) is 12.7. The van der Waals surface area contributed by atoms with Crippen molar-refractivity contribution in [3.8, 4) is 0 Å². The van der Waals surface area contributed by atoms with Crippen molar-refractivity contribution in [3.63, 3.8) is 0 Å². The molecule has 1 rings (SSSR count). The number of aliphatic hydroxyl groups is 1. The van der Waals surface area contributed by atoms with Crippen molar-refractivity contribution < 1.29 is 5.11 Å². The van der Waals surface area contributed by atoms with E-state index in [1.54, 1.807) is 11.3 Å². The average molecular weight is 228 g/mol. The van der Waals surface area contributed by atoms with Gasteiger partial charge in [-0.2, -0.15) is 0 Å². The number of rotatable bonds is 5. The molecule has 3 nitrogen and oxygen atoms in total. The fraction of sp³-hybridized carbons (Fsp3) is 0.727. The molecular weight excluding hydrogens is 208 g/mol. The lowest BCUT2D eigenvalue weighted by Crippen LogP contribution is -2.41. The van der Waals surface area contributed by atoms with Crippen molar-refractivity contribution in [3.05, 3.63) is 16.1 Å². The molecule has 0 fully saturated rings. The number of aliphatic hydroxyl groups excluding tert-OH is 1. The largest absolute Gasteiger partial charge is 0.396 e. The highest BCUT2D eigenvalue weighted by atomic mass is 32.1. The Morgan fingerprint density at radius 2 is 2.27 bits per heavy atom. The van der Waals surface area contributed by atoms with Crippen LogP contribution in [0.4, 0.5) is 0 Å². The molecule has 0 aliphatic heterocycles. The molecule has 1 aromatic rings. The second-order valence-corrected chi connectivity index (χ2v) is 5.55. The zero-order valence-corrected chi connectivity index (χ0v) is 10.7. The number of nitrogens with zero attached hydrogens (tertiary/aromatic N) is 1. The first-order valence-electron chi connectivity index (χ1n) is 5.20. The van der Waals surface area contributed by atoms with Gasteiger partial charge in [0.05, 0.1) is 11.2 Å². The Bertz CT molecular complexity index is 309. The highest BCUT2D eigenvalue weighted by Crippen LogP contribution is 2.20. The molecule has 0 unspecified atom stereocenters. The lowest BCUT2D eigenvalue weighted by Gasteiger charge is -2.30. The second-order valence-electron chi connectivity index (χ2n) is 4.61. The molecule has 0 saturated carbocycles. The van der Waals surface area contributed by atoms with E-state index in [2.05, 4.69) is 31.1 Å². The van der Waals surface area contributed by atoms with Gasteiger partial charge in [-0.15, -0.1) is 11.3 Å². The average Bonchev–Trinajstić information content (AvgIpc) is 2.60. The Morgan fingerprint density at radius 1 is 1.60 bits per heavy atom. The molecule has 86 valence electrons. The minimum absolute atomic E-state index is 0.0847. The third kappa shape index (κ3) is 3.26. The summed E-state index contributed by atoms with van der Waals surface area (Å²) in [6, 6.07) is 0.281. The maximum atomic E-state index is 9.23. The topological polar surface area (TPSA) is 45.2 Å². The summed E-state index contributed by atoms with van der Waals surface area (Å²) in [6.07, 6.45) is 0. The summed E-state index contributed by atoms with van der Waals surface area (Å²) in [4.78, 5) is 5.48. The number of hydrogen-bond donors (Lipinski definition) is 2. The van der Waals surface area contributed by atoms with Crippen LogP contribution in [0.3, 0.4) is 0 Å². The van der Waals surface area contributed by atoms with E-state index >= 15 is 0 Å². The van der Waals surface area contributed by atoms with Gasteiger partial charge in [-0.3, -0.25) is 0 Å². The van der Waals surface area contributed by atoms with Crippen molar-refractivity contribution >= 4 is 11.3 Å². The molecule has 1 atom stereocenters. The van der Waals surface area contributed by atoms with Gasteiger partial charge in [-0.25, -0.2) is 4.98 Å². The third-order valence-electron chi connectivity index (χ3n) is 2.99. The van der Waals surface area contributed by atoms with Crippen molar-refractivity contribution in [1.82, 2.24) is 10.3 Å². The summed E-state index contributed by atoms with van der Waals surface area (Å²) in [6.45, 7) is 9.28. The number of thiazole rings is 1. The van der Waals surface area contributed by atoms with Gasteiger partial charge in [0.15, 0.2) is 0 Å². The molecule has 1 heterocycles. The van der Waals surface area contributed by atoms with Gasteiger partial charge in [0, 0.05) is 29.5 Å². The van der Waals surface area contributed by atoms with Gasteiger partial charge >= 0.3 is 0 Å². The summed E-state index contributed by atoms with van der Waals surface area (Å²) in [5.41, 5.74) is 2.88. The Morgan fingerprint density at radius 3 is 2.73 bits per heavy atom. The SMILES string of the molecule is Cc1ncsc1CN[C@@H](C)C(C)(C)CO. The van der Waals surface area contributed by atoms with Gasteiger partial charge in [-0.05, 0) is 13.8 Å². The fourth-order valence-electron chi connectivity index (χ4n) is 1.15. The smallest absolute Gasteiger partial charge is 0.0798 e. The molecule has 0 bridgehead atoms. The van der Waals surface area contributed by atoms with Crippen LogP contribution in [0.2, 0.25) is 0 Å². The van der Waals surface area contributed by atoms with E-state index in [0.717, 1.165) is 12.2 Å². The van der Waals surface area contributed by atoms with Crippen LogP contribution in [-0.4, -0.2) is 22.7 Å². The lowest BCUT2D eigenvalue weighted by molar-refractivity contribution is 0.122. The van der Waals surface area contributed by atoms with Crippen molar-refractivity contribution in [2.24, 2.45) is 5.41 Å². The Kier molecular flexibility index (Phi) is 4.25. The fourth-order valence-corrected chi connectivity index (χ4v) is 1.88. The van der Waals surface area contributed by atoms with Crippen LogP contribution in [0, 0.1) is 12.3 Å². The molecule has 15 heavy (non-hydrogen) atoms. The Labute approximate surface area is 95.6 Å². The quantitative estimate of drug-likeness (QED) is 0.809. The molecule has 1 aromatic heterocycles. The standard InChI is InChI=1S/C11H20N2OS/c1-8-10(15-7-13-8)5-12-9(2)11(3,4)6-14/h7,9,12,14H,5-6H2,1-4H3/t9-/m0/s1. The van der Waals surface area contributed by atoms with Crippen molar-refractivity contribution in [2.75, 3.05) is 6.61 Å². The van der Waals surface area contributed by atoms with Gasteiger partial charge in [0.25, 0.3) is 0 Å². The van der Waals surface area contributed by atoms with E-state index in [1.807, 2.05) is 12.4 Å². The predicted octanol–water partition coefficient (Wildman–Crippen LogP) is 1.95. The van der Waals surface area contributed by atoms with Gasteiger partial charge < -0.3 is 10.4 Å². The highest BCUT2D eigenvalue weighted by Gasteiger charge is 2.24. The molecule has 0 radical (unpaired) electrons. The number of aromatic nitrogens is 1. The Hall–Kier alpha value is -0.450. The number of nitrogens with one attached hydrogen (secondary N) is 1. The first kappa shape index (κ1) is 12.6. The van der Waals surface area contributed by atoms with E-state index < -0.39 is 0 Å². The second kappa shape index (κ2) is 5.05. The molecule has 2 N–H and O–H groups in total. The Balaban J connectivity index is 2.48. The molecule has 0 aliphatic carbocycles. The van der Waals surface area contributed by atoms with Crippen LogP contribution < -0.4 is 5.32 Å². The van der Waals surface area contributed by atoms with E-state index in [-0.39, 0.29) is 18.1 Å². The number of hydrogen-bond acceptors (Lipinski definition) is 4. The van der Waals surface area contributed by atoms with Crippen LogP contribution in [0.5, 0.6) is 0 Å². The summed E-state index contributed by atoms with van der Waals surface area (Å²) in [5.74, 6) is 0. The normalized spacial score (nSPS) is 14.2. The van der Waals surface area contributed by atoms with E-state index in [4.69, 9.17) is 0 Å². The maximum absolute atomic E-state index is 9.23. The molecule has 0 amide bonds. The minimum Gasteiger partial charge on any atom is -0.396 e. The molecule has 4 heteroatoms.